The van der Waals surface area contributed by atoms with Crippen molar-refractivity contribution in [3.8, 4) is 67.5 Å². The minimum atomic E-state index is -0.443. The van der Waals surface area contributed by atoms with Crippen LogP contribution in [-0.2, 0) is 5.41 Å². The summed E-state index contributed by atoms with van der Waals surface area (Å²) in [5.74, 6) is 1.93. The molecule has 4 heteroatoms. The van der Waals surface area contributed by atoms with E-state index < -0.39 is 5.41 Å². The maximum absolute atomic E-state index is 5.19. The summed E-state index contributed by atoms with van der Waals surface area (Å²) >= 11 is 1.83. The summed E-state index contributed by atoms with van der Waals surface area (Å²) in [6, 6.07) is 80.6. The summed E-state index contributed by atoms with van der Waals surface area (Å²) in [5.41, 5.74) is 14.8. The van der Waals surface area contributed by atoms with Crippen LogP contribution in [0.3, 0.4) is 0 Å². The van der Waals surface area contributed by atoms with Crippen molar-refractivity contribution in [2.24, 2.45) is 0 Å². The molecule has 1 aliphatic carbocycles. The van der Waals surface area contributed by atoms with Gasteiger partial charge < -0.3 is 0 Å². The van der Waals surface area contributed by atoms with Crippen LogP contribution in [-0.4, -0.2) is 15.0 Å². The van der Waals surface area contributed by atoms with E-state index in [1.54, 1.807) is 0 Å². The molecule has 0 bridgehead atoms. The number of hydrogen-bond acceptors (Lipinski definition) is 4. The smallest absolute Gasteiger partial charge is 0.164 e. The van der Waals surface area contributed by atoms with E-state index in [4.69, 9.17) is 15.0 Å². The summed E-state index contributed by atoms with van der Waals surface area (Å²) in [6.45, 7) is 0. The SMILES string of the molecule is c1ccc(-c2cccc(-c3cccc(-c4nc(-c5ccccc5)nc(-c5ccc6c(c5)sc5cc(C7(c8ccccc8)c8ccccc8-c8ccccc87)ccc56)n4)c3)c2)cc1. The molecule has 1 aliphatic rings. The van der Waals surface area contributed by atoms with E-state index in [0.29, 0.717) is 17.5 Å². The van der Waals surface area contributed by atoms with Gasteiger partial charge in [-0.05, 0) is 79.9 Å². The monoisotopic (exact) mass is 807 g/mol. The largest absolute Gasteiger partial charge is 0.208 e. The van der Waals surface area contributed by atoms with Crippen LogP contribution in [0.4, 0.5) is 0 Å². The van der Waals surface area contributed by atoms with Crippen molar-refractivity contribution < 1.29 is 0 Å². The Labute approximate surface area is 364 Å². The average molecular weight is 808 g/mol. The predicted molar refractivity (Wildman–Crippen MR) is 257 cm³/mol. The van der Waals surface area contributed by atoms with Crippen LogP contribution in [0.25, 0.3) is 87.7 Å². The highest BCUT2D eigenvalue weighted by Gasteiger charge is 2.46. The van der Waals surface area contributed by atoms with E-state index in [1.807, 2.05) is 29.5 Å². The molecule has 0 fully saturated rings. The highest BCUT2D eigenvalue weighted by atomic mass is 32.1. The Morgan fingerprint density at radius 3 is 1.35 bits per heavy atom. The normalized spacial score (nSPS) is 12.6. The van der Waals surface area contributed by atoms with Gasteiger partial charge in [0.05, 0.1) is 5.41 Å². The molecule has 0 aliphatic heterocycles. The average Bonchev–Trinajstić information content (AvgIpc) is 3.88. The maximum Gasteiger partial charge on any atom is 0.164 e. The lowest BCUT2D eigenvalue weighted by atomic mass is 9.67. The molecule has 0 amide bonds. The summed E-state index contributed by atoms with van der Waals surface area (Å²) in [4.78, 5) is 15.4. The van der Waals surface area contributed by atoms with E-state index in [1.165, 1.54) is 64.7 Å². The number of fused-ring (bicyclic) bond motifs is 6. The van der Waals surface area contributed by atoms with E-state index in [-0.39, 0.29) is 0 Å². The molecule has 0 radical (unpaired) electrons. The van der Waals surface area contributed by atoms with Gasteiger partial charge in [0.25, 0.3) is 0 Å². The quantitative estimate of drug-likeness (QED) is 0.161. The first-order valence-electron chi connectivity index (χ1n) is 21.0. The Bertz CT molecular complexity index is 3420. The van der Waals surface area contributed by atoms with Gasteiger partial charge in [-0.3, -0.25) is 0 Å². The topological polar surface area (TPSA) is 38.7 Å². The minimum Gasteiger partial charge on any atom is -0.208 e. The van der Waals surface area contributed by atoms with E-state index in [0.717, 1.165) is 27.8 Å². The van der Waals surface area contributed by atoms with Crippen LogP contribution in [0, 0.1) is 0 Å². The third kappa shape index (κ3) is 5.91. The Hall–Kier alpha value is -7.79. The van der Waals surface area contributed by atoms with E-state index >= 15 is 0 Å². The number of aromatic nitrogens is 3. The second-order valence-corrected chi connectivity index (χ2v) is 17.0. The van der Waals surface area contributed by atoms with Crippen molar-refractivity contribution in [2.45, 2.75) is 5.41 Å². The standard InChI is InChI=1S/C58H37N3S/c1-4-16-38(17-5-1)40-20-14-21-41(34-40)42-22-15-23-43(35-42)56-59-55(39-18-6-2-7-19-39)60-57(61-56)44-30-32-49-50-33-31-46(37-54(50)62-53(49)36-44)58(45-24-8-3-9-25-45)51-28-12-10-26-47(51)48-27-11-13-29-52(48)58/h1-37H. The molecular weight excluding hydrogens is 771 g/mol. The summed E-state index contributed by atoms with van der Waals surface area (Å²) in [5, 5.41) is 2.47. The van der Waals surface area contributed by atoms with Crippen LogP contribution in [0.2, 0.25) is 0 Å². The molecule has 3 nitrogen and oxygen atoms in total. The number of thiophene rings is 1. The summed E-state index contributed by atoms with van der Waals surface area (Å²) in [7, 11) is 0. The van der Waals surface area contributed by atoms with Crippen LogP contribution < -0.4 is 0 Å². The Balaban J connectivity index is 0.977. The number of rotatable bonds is 7. The van der Waals surface area contributed by atoms with Gasteiger partial charge in [0, 0.05) is 36.9 Å². The van der Waals surface area contributed by atoms with Crippen LogP contribution in [0.15, 0.2) is 224 Å². The van der Waals surface area contributed by atoms with Crippen molar-refractivity contribution in [3.63, 3.8) is 0 Å². The van der Waals surface area contributed by atoms with Gasteiger partial charge in [0.2, 0.25) is 0 Å². The zero-order chi connectivity index (χ0) is 41.0. The minimum absolute atomic E-state index is 0.443. The van der Waals surface area contributed by atoms with Gasteiger partial charge in [-0.1, -0.05) is 200 Å². The van der Waals surface area contributed by atoms with Crippen molar-refractivity contribution >= 4 is 31.5 Å². The second kappa shape index (κ2) is 14.7. The van der Waals surface area contributed by atoms with Crippen molar-refractivity contribution in [1.82, 2.24) is 15.0 Å². The molecule has 0 saturated heterocycles. The number of hydrogen-bond donors (Lipinski definition) is 0. The zero-order valence-electron chi connectivity index (χ0n) is 33.6. The first-order chi connectivity index (χ1) is 30.7. The third-order valence-corrected chi connectivity index (χ3v) is 13.5. The highest BCUT2D eigenvalue weighted by molar-refractivity contribution is 7.25. The molecule has 0 spiro atoms. The molecule has 11 aromatic rings. The Morgan fingerprint density at radius 1 is 0.290 bits per heavy atom. The Kier molecular flexibility index (Phi) is 8.58. The lowest BCUT2D eigenvalue weighted by Crippen LogP contribution is -2.28. The second-order valence-electron chi connectivity index (χ2n) is 15.9. The van der Waals surface area contributed by atoms with Crippen LogP contribution in [0.1, 0.15) is 22.3 Å². The summed E-state index contributed by atoms with van der Waals surface area (Å²) < 4.78 is 2.44. The van der Waals surface area contributed by atoms with Gasteiger partial charge in [0.1, 0.15) is 0 Å². The molecule has 0 saturated carbocycles. The molecule has 62 heavy (non-hydrogen) atoms. The van der Waals surface area contributed by atoms with Crippen molar-refractivity contribution in [1.29, 1.82) is 0 Å². The Morgan fingerprint density at radius 2 is 0.726 bits per heavy atom. The fourth-order valence-electron chi connectivity index (χ4n) is 9.56. The summed E-state index contributed by atoms with van der Waals surface area (Å²) in [6.07, 6.45) is 0. The van der Waals surface area contributed by atoms with E-state index in [2.05, 4.69) is 206 Å². The highest BCUT2D eigenvalue weighted by Crippen LogP contribution is 2.56. The van der Waals surface area contributed by atoms with Crippen molar-refractivity contribution in [2.75, 3.05) is 0 Å². The third-order valence-electron chi connectivity index (χ3n) is 12.4. The molecule has 0 atom stereocenters. The molecule has 290 valence electrons. The molecule has 0 N–H and O–H groups in total. The zero-order valence-corrected chi connectivity index (χ0v) is 34.4. The van der Waals surface area contributed by atoms with Gasteiger partial charge in [-0.2, -0.15) is 0 Å². The lowest BCUT2D eigenvalue weighted by Gasteiger charge is -2.33. The fraction of sp³-hybridized carbons (Fsp3) is 0.0172. The van der Waals surface area contributed by atoms with Crippen molar-refractivity contribution in [3.05, 3.63) is 247 Å². The van der Waals surface area contributed by atoms with Gasteiger partial charge in [0.15, 0.2) is 17.5 Å². The molecular formula is C58H37N3S. The molecule has 9 aromatic carbocycles. The first-order valence-corrected chi connectivity index (χ1v) is 21.8. The fourth-order valence-corrected chi connectivity index (χ4v) is 10.7. The first kappa shape index (κ1) is 36.1. The van der Waals surface area contributed by atoms with E-state index in [9.17, 15) is 0 Å². The predicted octanol–water partition coefficient (Wildman–Crippen LogP) is 14.9. The van der Waals surface area contributed by atoms with Gasteiger partial charge >= 0.3 is 0 Å². The van der Waals surface area contributed by atoms with Gasteiger partial charge in [-0.15, -0.1) is 11.3 Å². The molecule has 2 heterocycles. The van der Waals surface area contributed by atoms with Crippen LogP contribution in [0.5, 0.6) is 0 Å². The molecule has 2 aromatic heterocycles. The van der Waals surface area contributed by atoms with Gasteiger partial charge in [-0.25, -0.2) is 15.0 Å². The number of nitrogens with zero attached hydrogens (tertiary/aromatic N) is 3. The maximum atomic E-state index is 5.19. The number of benzene rings is 9. The van der Waals surface area contributed by atoms with Crippen LogP contribution >= 0.6 is 11.3 Å². The molecule has 12 rings (SSSR count). The molecule has 0 unspecified atom stereocenters. The lowest BCUT2D eigenvalue weighted by molar-refractivity contribution is 0.770.